The lowest BCUT2D eigenvalue weighted by Gasteiger charge is -2.12. The second kappa shape index (κ2) is 9.02. The van der Waals surface area contributed by atoms with E-state index in [0.29, 0.717) is 26.5 Å². The van der Waals surface area contributed by atoms with E-state index in [-0.39, 0.29) is 11.4 Å². The highest BCUT2D eigenvalue weighted by Gasteiger charge is 2.36. The average Bonchev–Trinajstić information content (AvgIpc) is 2.89. The monoisotopic (exact) mass is 494 g/mol. The molecule has 1 aliphatic heterocycles. The zero-order valence-corrected chi connectivity index (χ0v) is 18.7. The molecular formula is C20H16BrClN2O4S. The number of thioether (sulfide) groups is 1. The number of aryl methyl sites for hydroxylation is 1. The Bertz CT molecular complexity index is 1020. The number of rotatable bonds is 5. The number of nitrogens with zero attached hydrogens (tertiary/aromatic N) is 1. The van der Waals surface area contributed by atoms with Crippen LogP contribution < -0.4 is 10.1 Å². The molecule has 6 nitrogen and oxygen atoms in total. The number of nitrogens with one attached hydrogen (secondary N) is 1. The number of carbonyl (C=O) groups excluding carboxylic acids is 3. The fraction of sp³-hybridized carbons (Fsp3) is 0.150. The Kier molecular flexibility index (Phi) is 6.66. The molecule has 3 rings (SSSR count). The normalized spacial score (nSPS) is 15.2. The molecule has 0 aliphatic carbocycles. The minimum atomic E-state index is -0.526. The van der Waals surface area contributed by atoms with Gasteiger partial charge in [-0.25, -0.2) is 0 Å². The summed E-state index contributed by atoms with van der Waals surface area (Å²) < 4.78 is 5.80. The number of halogens is 2. The van der Waals surface area contributed by atoms with Gasteiger partial charge in [0.1, 0.15) is 6.54 Å². The van der Waals surface area contributed by atoms with Crippen LogP contribution in [0.1, 0.15) is 11.1 Å². The molecule has 0 aromatic heterocycles. The van der Waals surface area contributed by atoms with Gasteiger partial charge >= 0.3 is 0 Å². The van der Waals surface area contributed by atoms with Gasteiger partial charge in [0.05, 0.1) is 21.5 Å². The molecule has 0 radical (unpaired) electrons. The Balaban J connectivity index is 1.74. The van der Waals surface area contributed by atoms with E-state index >= 15 is 0 Å². The van der Waals surface area contributed by atoms with Crippen molar-refractivity contribution < 1.29 is 19.1 Å². The molecule has 0 spiro atoms. The molecule has 9 heteroatoms. The van der Waals surface area contributed by atoms with Gasteiger partial charge in [0.15, 0.2) is 5.75 Å². The van der Waals surface area contributed by atoms with Crippen molar-refractivity contribution in [2.75, 3.05) is 19.0 Å². The Labute approximate surface area is 185 Å². The Hall–Kier alpha value is -2.29. The third kappa shape index (κ3) is 5.01. The van der Waals surface area contributed by atoms with Crippen molar-refractivity contribution in [1.29, 1.82) is 0 Å². The smallest absolute Gasteiger partial charge is 0.294 e. The summed E-state index contributed by atoms with van der Waals surface area (Å²) in [7, 11) is 1.50. The predicted octanol–water partition coefficient (Wildman–Crippen LogP) is 5.09. The summed E-state index contributed by atoms with van der Waals surface area (Å²) in [6, 6.07) is 10.6. The van der Waals surface area contributed by atoms with E-state index in [4.69, 9.17) is 16.3 Å². The first-order chi connectivity index (χ1) is 13.8. The number of hydrogen-bond acceptors (Lipinski definition) is 5. The standard InChI is InChI=1S/C20H16BrClN2O4S/c1-11-4-3-5-13(6-11)23-17(25)10-24-19(26)16(29-20(24)27)9-12-7-14(21)18(28-2)15(22)8-12/h3-9H,10H2,1-2H3,(H,23,25)/b16-9-. The van der Waals surface area contributed by atoms with Gasteiger partial charge < -0.3 is 10.1 Å². The first-order valence-electron chi connectivity index (χ1n) is 8.43. The largest absolute Gasteiger partial charge is 0.494 e. The third-order valence-corrected chi connectivity index (χ3v) is 5.78. The first kappa shape index (κ1) is 21.4. The number of amides is 3. The van der Waals surface area contributed by atoms with Gasteiger partial charge in [-0.1, -0.05) is 23.7 Å². The molecule has 150 valence electrons. The number of carbonyl (C=O) groups is 3. The van der Waals surface area contributed by atoms with Crippen LogP contribution in [0.25, 0.3) is 6.08 Å². The van der Waals surface area contributed by atoms with Crippen molar-refractivity contribution in [2.45, 2.75) is 6.92 Å². The molecule has 1 fully saturated rings. The summed E-state index contributed by atoms with van der Waals surface area (Å²) in [5.74, 6) is -0.499. The molecule has 2 aromatic carbocycles. The highest BCUT2D eigenvalue weighted by Crippen LogP contribution is 2.37. The lowest BCUT2D eigenvalue weighted by Crippen LogP contribution is -2.36. The molecule has 1 heterocycles. The number of methoxy groups -OCH3 is 1. The Morgan fingerprint density at radius 2 is 2.07 bits per heavy atom. The number of ether oxygens (including phenoxy) is 1. The molecule has 1 N–H and O–H groups in total. The second-order valence-corrected chi connectivity index (χ2v) is 8.46. The van der Waals surface area contributed by atoms with Gasteiger partial charge in [-0.2, -0.15) is 0 Å². The van der Waals surface area contributed by atoms with Crippen LogP contribution >= 0.6 is 39.3 Å². The van der Waals surface area contributed by atoms with Crippen LogP contribution in [0.3, 0.4) is 0 Å². The topological polar surface area (TPSA) is 75.7 Å². The van der Waals surface area contributed by atoms with Crippen LogP contribution in [0, 0.1) is 6.92 Å². The fourth-order valence-electron chi connectivity index (χ4n) is 2.71. The van der Waals surface area contributed by atoms with E-state index in [1.807, 2.05) is 19.1 Å². The Morgan fingerprint density at radius 1 is 1.31 bits per heavy atom. The van der Waals surface area contributed by atoms with E-state index < -0.39 is 17.1 Å². The van der Waals surface area contributed by atoms with Crippen molar-refractivity contribution >= 4 is 68.1 Å². The van der Waals surface area contributed by atoms with Gasteiger partial charge in [0.2, 0.25) is 5.91 Å². The minimum Gasteiger partial charge on any atom is -0.494 e. The second-order valence-electron chi connectivity index (χ2n) is 6.20. The maximum Gasteiger partial charge on any atom is 0.294 e. The molecule has 1 saturated heterocycles. The van der Waals surface area contributed by atoms with Crippen LogP contribution in [0.4, 0.5) is 10.5 Å². The lowest BCUT2D eigenvalue weighted by atomic mass is 10.2. The number of imide groups is 1. The first-order valence-corrected chi connectivity index (χ1v) is 10.4. The number of anilines is 1. The van der Waals surface area contributed by atoms with Crippen LogP contribution in [-0.4, -0.2) is 35.6 Å². The number of benzene rings is 2. The maximum atomic E-state index is 12.6. The maximum absolute atomic E-state index is 12.6. The van der Waals surface area contributed by atoms with E-state index in [0.717, 1.165) is 22.2 Å². The van der Waals surface area contributed by atoms with Crippen molar-refractivity contribution in [1.82, 2.24) is 4.90 Å². The predicted molar refractivity (Wildman–Crippen MR) is 118 cm³/mol. The average molecular weight is 496 g/mol. The summed E-state index contributed by atoms with van der Waals surface area (Å²) in [6.45, 7) is 1.55. The van der Waals surface area contributed by atoms with Gasteiger partial charge in [0.25, 0.3) is 11.1 Å². The van der Waals surface area contributed by atoms with Crippen molar-refractivity contribution in [3.63, 3.8) is 0 Å². The molecule has 1 aliphatic rings. The van der Waals surface area contributed by atoms with E-state index in [9.17, 15) is 14.4 Å². The molecule has 3 amide bonds. The molecular weight excluding hydrogens is 480 g/mol. The van der Waals surface area contributed by atoms with Gasteiger partial charge in [-0.05, 0) is 76.1 Å². The fourth-order valence-corrected chi connectivity index (χ4v) is 4.61. The quantitative estimate of drug-likeness (QED) is 0.585. The van der Waals surface area contributed by atoms with Crippen molar-refractivity contribution in [2.24, 2.45) is 0 Å². The summed E-state index contributed by atoms with van der Waals surface area (Å²) >= 11 is 10.3. The van der Waals surface area contributed by atoms with Crippen LogP contribution in [0.5, 0.6) is 5.75 Å². The molecule has 0 bridgehead atoms. The zero-order valence-electron chi connectivity index (χ0n) is 15.5. The van der Waals surface area contributed by atoms with E-state index in [1.54, 1.807) is 30.3 Å². The van der Waals surface area contributed by atoms with Gasteiger partial charge in [0, 0.05) is 5.69 Å². The summed E-state index contributed by atoms with van der Waals surface area (Å²) in [4.78, 5) is 38.3. The third-order valence-electron chi connectivity index (χ3n) is 4.00. The molecule has 0 unspecified atom stereocenters. The molecule has 0 atom stereocenters. The van der Waals surface area contributed by atoms with Gasteiger partial charge in [-0.3, -0.25) is 19.3 Å². The SMILES string of the molecule is COc1c(Cl)cc(/C=C2\SC(=O)N(CC(=O)Nc3cccc(C)c3)C2=O)cc1Br. The van der Waals surface area contributed by atoms with Crippen LogP contribution in [-0.2, 0) is 9.59 Å². The number of hydrogen-bond donors (Lipinski definition) is 1. The van der Waals surface area contributed by atoms with Crippen molar-refractivity contribution in [3.8, 4) is 5.75 Å². The van der Waals surface area contributed by atoms with Gasteiger partial charge in [-0.15, -0.1) is 0 Å². The summed E-state index contributed by atoms with van der Waals surface area (Å²) in [5.41, 5.74) is 2.22. The lowest BCUT2D eigenvalue weighted by molar-refractivity contribution is -0.127. The Morgan fingerprint density at radius 3 is 2.72 bits per heavy atom. The van der Waals surface area contributed by atoms with E-state index in [2.05, 4.69) is 21.2 Å². The van der Waals surface area contributed by atoms with Crippen LogP contribution in [0.15, 0.2) is 45.8 Å². The molecule has 2 aromatic rings. The summed E-state index contributed by atoms with van der Waals surface area (Å²) in [6.07, 6.45) is 1.56. The highest BCUT2D eigenvalue weighted by atomic mass is 79.9. The highest BCUT2D eigenvalue weighted by molar-refractivity contribution is 9.10. The van der Waals surface area contributed by atoms with Crippen molar-refractivity contribution in [3.05, 3.63) is 61.9 Å². The minimum absolute atomic E-state index is 0.214. The van der Waals surface area contributed by atoms with Crippen LogP contribution in [0.2, 0.25) is 5.02 Å². The zero-order chi connectivity index (χ0) is 21.1. The summed E-state index contributed by atoms with van der Waals surface area (Å²) in [5, 5.41) is 2.56. The molecule has 0 saturated carbocycles. The van der Waals surface area contributed by atoms with E-state index in [1.165, 1.54) is 7.11 Å². The molecule has 29 heavy (non-hydrogen) atoms.